The molecule has 2 aromatic rings. The highest BCUT2D eigenvalue weighted by Crippen LogP contribution is 2.47. The number of amides is 2. The number of aromatic nitrogens is 2. The van der Waals surface area contributed by atoms with E-state index in [2.05, 4.69) is 29.9 Å². The van der Waals surface area contributed by atoms with Crippen LogP contribution < -0.4 is 15.0 Å². The Morgan fingerprint density at radius 1 is 1.28 bits per heavy atom. The van der Waals surface area contributed by atoms with Crippen molar-refractivity contribution in [3.63, 3.8) is 0 Å². The Morgan fingerprint density at radius 3 is 2.86 bits per heavy atom. The van der Waals surface area contributed by atoms with Crippen molar-refractivity contribution < 1.29 is 18.7 Å². The van der Waals surface area contributed by atoms with Crippen LogP contribution in [0.4, 0.5) is 15.9 Å². The fourth-order valence-corrected chi connectivity index (χ4v) is 7.27. The van der Waals surface area contributed by atoms with Crippen LogP contribution in [0.3, 0.4) is 0 Å². The number of carbonyl (C=O) groups excluding carboxylic acids is 2. The van der Waals surface area contributed by atoms with Crippen molar-refractivity contribution in [3.05, 3.63) is 53.0 Å². The number of halogens is 1. The first-order chi connectivity index (χ1) is 20.8. The molecule has 2 fully saturated rings. The zero-order valence-corrected chi connectivity index (χ0v) is 24.9. The van der Waals surface area contributed by atoms with Crippen LogP contribution in [0.1, 0.15) is 54.5 Å². The maximum Gasteiger partial charge on any atom is 0.318 e. The molecule has 2 saturated heterocycles. The summed E-state index contributed by atoms with van der Waals surface area (Å²) in [6.07, 6.45) is 5.74. The Hall–Kier alpha value is -4.04. The largest absolute Gasteiger partial charge is 0.462 e. The molecule has 1 unspecified atom stereocenters. The number of nitriles is 1. The molecule has 226 valence electrons. The number of anilines is 2. The zero-order chi connectivity index (χ0) is 30.3. The number of benzene rings is 1. The van der Waals surface area contributed by atoms with E-state index in [0.717, 1.165) is 24.9 Å². The zero-order valence-electron chi connectivity index (χ0n) is 24.9. The molecule has 0 bridgehead atoms. The summed E-state index contributed by atoms with van der Waals surface area (Å²) in [4.78, 5) is 42.2. The minimum absolute atomic E-state index is 0.151. The van der Waals surface area contributed by atoms with E-state index in [1.807, 2.05) is 11.0 Å². The number of aryl methyl sites for hydroxylation is 1. The quantitative estimate of drug-likeness (QED) is 0.513. The average molecular weight is 588 g/mol. The van der Waals surface area contributed by atoms with Crippen LogP contribution in [-0.4, -0.2) is 83.5 Å². The number of likely N-dealkylation sites (N-methyl/N-ethyl adjacent to an activating group) is 1. The van der Waals surface area contributed by atoms with E-state index in [0.29, 0.717) is 80.3 Å². The van der Waals surface area contributed by atoms with Gasteiger partial charge in [-0.1, -0.05) is 18.7 Å². The van der Waals surface area contributed by atoms with Gasteiger partial charge in [-0.25, -0.2) is 4.39 Å². The molecule has 1 aromatic carbocycles. The third kappa shape index (κ3) is 5.12. The van der Waals surface area contributed by atoms with Gasteiger partial charge in [0.05, 0.1) is 29.6 Å². The number of piperazine rings is 1. The van der Waals surface area contributed by atoms with E-state index in [1.54, 1.807) is 17.9 Å². The van der Waals surface area contributed by atoms with Gasteiger partial charge in [-0.2, -0.15) is 15.2 Å². The first kappa shape index (κ1) is 29.1. The standard InChI is InChI=1S/C32H38FN7O3/c1-4-26(41)40-16-15-39(18-21(40)11-13-34)29-28-25(35-31(37-29)43-19-22-7-6-14-38(22)3)17-32(30(42)36-28)12-5-8-23-24(32)10-9-20(2)27(23)33/h4,9-10,21-22H,1,5-8,11-12,14-19H2,2-3H3,(H,36,42)/t21-,22-,32?/m0/s1. The maximum absolute atomic E-state index is 15.3. The van der Waals surface area contributed by atoms with Gasteiger partial charge in [0, 0.05) is 32.1 Å². The first-order valence-corrected chi connectivity index (χ1v) is 15.1. The van der Waals surface area contributed by atoms with Crippen LogP contribution in [0, 0.1) is 24.1 Å². The summed E-state index contributed by atoms with van der Waals surface area (Å²) < 4.78 is 21.5. The molecule has 11 heteroatoms. The molecule has 2 amide bonds. The minimum Gasteiger partial charge on any atom is -0.462 e. The van der Waals surface area contributed by atoms with Gasteiger partial charge in [-0.05, 0) is 75.4 Å². The van der Waals surface area contributed by atoms with Gasteiger partial charge in [-0.3, -0.25) is 9.59 Å². The molecule has 3 aliphatic heterocycles. The number of hydrogen-bond donors (Lipinski definition) is 1. The second-order valence-corrected chi connectivity index (χ2v) is 12.2. The minimum atomic E-state index is -0.942. The van der Waals surface area contributed by atoms with Crippen LogP contribution in [0.5, 0.6) is 6.01 Å². The highest BCUT2D eigenvalue weighted by atomic mass is 19.1. The lowest BCUT2D eigenvalue weighted by molar-refractivity contribution is -0.128. The molecule has 1 spiro atoms. The Balaban J connectivity index is 1.39. The van der Waals surface area contributed by atoms with E-state index in [4.69, 9.17) is 14.7 Å². The number of nitrogens with one attached hydrogen (secondary N) is 1. The average Bonchev–Trinajstić information content (AvgIpc) is 3.42. The Kier molecular flexibility index (Phi) is 7.81. The fourth-order valence-electron chi connectivity index (χ4n) is 7.27. The van der Waals surface area contributed by atoms with E-state index in [1.165, 1.54) is 6.08 Å². The predicted octanol–water partition coefficient (Wildman–Crippen LogP) is 3.28. The molecule has 1 N–H and O–H groups in total. The van der Waals surface area contributed by atoms with Crippen molar-refractivity contribution in [3.8, 4) is 12.1 Å². The van der Waals surface area contributed by atoms with Gasteiger partial charge >= 0.3 is 6.01 Å². The normalized spacial score (nSPS) is 25.1. The van der Waals surface area contributed by atoms with Crippen LogP contribution in [-0.2, 0) is 27.8 Å². The van der Waals surface area contributed by atoms with Gasteiger partial charge in [0.25, 0.3) is 0 Å². The van der Waals surface area contributed by atoms with Crippen molar-refractivity contribution in [2.24, 2.45) is 0 Å². The SMILES string of the molecule is C=CC(=O)N1CCN(c2nc(OC[C@@H]3CCCN3C)nc3c2NC(=O)C2(CCCc4c2ccc(C)c4F)C3)C[C@@H]1CC#N. The lowest BCUT2D eigenvalue weighted by Crippen LogP contribution is -2.55. The van der Waals surface area contributed by atoms with Crippen molar-refractivity contribution in [1.82, 2.24) is 19.8 Å². The number of nitrogens with zero attached hydrogens (tertiary/aromatic N) is 6. The highest BCUT2D eigenvalue weighted by Gasteiger charge is 2.49. The summed E-state index contributed by atoms with van der Waals surface area (Å²) in [7, 11) is 2.08. The molecule has 1 aromatic heterocycles. The number of ether oxygens (including phenoxy) is 1. The Morgan fingerprint density at radius 2 is 2.12 bits per heavy atom. The van der Waals surface area contributed by atoms with Gasteiger partial charge in [0.15, 0.2) is 5.82 Å². The third-order valence-electron chi connectivity index (χ3n) is 9.71. The lowest BCUT2D eigenvalue weighted by Gasteiger charge is -2.44. The Bertz CT molecular complexity index is 1510. The molecule has 43 heavy (non-hydrogen) atoms. The van der Waals surface area contributed by atoms with E-state index >= 15 is 4.39 Å². The van der Waals surface area contributed by atoms with Gasteiger partial charge in [-0.15, -0.1) is 0 Å². The summed E-state index contributed by atoms with van der Waals surface area (Å²) in [5.74, 6) is -0.131. The third-order valence-corrected chi connectivity index (χ3v) is 9.71. The molecule has 0 saturated carbocycles. The van der Waals surface area contributed by atoms with Gasteiger partial charge in [0.1, 0.15) is 18.1 Å². The summed E-state index contributed by atoms with van der Waals surface area (Å²) in [5.41, 5.74) is 2.13. The lowest BCUT2D eigenvalue weighted by atomic mass is 9.65. The second kappa shape index (κ2) is 11.6. The van der Waals surface area contributed by atoms with Gasteiger partial charge < -0.3 is 24.8 Å². The van der Waals surface area contributed by atoms with Crippen molar-refractivity contribution in [2.45, 2.75) is 69.4 Å². The fraction of sp³-hybridized carbons (Fsp3) is 0.531. The van der Waals surface area contributed by atoms with Crippen molar-refractivity contribution in [1.29, 1.82) is 5.26 Å². The summed E-state index contributed by atoms with van der Waals surface area (Å²) in [6.45, 7) is 8.00. The molecule has 6 rings (SSSR count). The number of rotatable bonds is 6. The smallest absolute Gasteiger partial charge is 0.318 e. The first-order valence-electron chi connectivity index (χ1n) is 15.1. The van der Waals surface area contributed by atoms with Crippen LogP contribution in [0.2, 0.25) is 0 Å². The Labute approximate surface area is 251 Å². The van der Waals surface area contributed by atoms with Crippen molar-refractivity contribution >= 4 is 23.3 Å². The second-order valence-electron chi connectivity index (χ2n) is 12.2. The molecule has 4 aliphatic rings. The monoisotopic (exact) mass is 587 g/mol. The molecule has 10 nitrogen and oxygen atoms in total. The number of hydrogen-bond acceptors (Lipinski definition) is 8. The highest BCUT2D eigenvalue weighted by molar-refractivity contribution is 6.04. The van der Waals surface area contributed by atoms with Crippen molar-refractivity contribution in [2.75, 3.05) is 50.1 Å². The van der Waals surface area contributed by atoms with E-state index in [-0.39, 0.29) is 42.1 Å². The van der Waals surface area contributed by atoms with E-state index in [9.17, 15) is 14.9 Å². The summed E-state index contributed by atoms with van der Waals surface area (Å²) >= 11 is 0. The van der Waals surface area contributed by atoms with E-state index < -0.39 is 5.41 Å². The molecule has 4 heterocycles. The number of likely N-dealkylation sites (tertiary alicyclic amines) is 1. The molecule has 3 atom stereocenters. The number of carbonyl (C=O) groups is 2. The van der Waals surface area contributed by atoms with Crippen LogP contribution in [0.25, 0.3) is 0 Å². The van der Waals surface area contributed by atoms with Gasteiger partial charge in [0.2, 0.25) is 11.8 Å². The maximum atomic E-state index is 15.3. The molecule has 1 aliphatic carbocycles. The van der Waals surface area contributed by atoms with Crippen LogP contribution >= 0.6 is 0 Å². The molecule has 0 radical (unpaired) electrons. The topological polar surface area (TPSA) is 115 Å². The summed E-state index contributed by atoms with van der Waals surface area (Å²) in [6, 6.07) is 5.97. The van der Waals surface area contributed by atoms with Crippen LogP contribution in [0.15, 0.2) is 24.8 Å². The molecular formula is C32H38FN7O3. The number of fused-ring (bicyclic) bond motifs is 3. The molecular weight excluding hydrogens is 549 g/mol. The predicted molar refractivity (Wildman–Crippen MR) is 159 cm³/mol. The summed E-state index contributed by atoms with van der Waals surface area (Å²) in [5, 5.41) is 12.6.